The number of unbranched alkanes of at least 4 members (excludes halogenated alkanes) is 28. The number of hydrogen-bond acceptors (Lipinski definition) is 4. The average Bonchev–Trinajstić information content (AvgIpc) is 3.07. The predicted octanol–water partition coefficient (Wildman–Crippen LogP) is 12.8. The third kappa shape index (κ3) is 37.2. The highest BCUT2D eigenvalue weighted by Crippen LogP contribution is 2.19. The van der Waals surface area contributed by atoms with Gasteiger partial charge in [-0.1, -0.05) is 187 Å². The van der Waals surface area contributed by atoms with Gasteiger partial charge >= 0.3 is 11.9 Å². The SMILES string of the molecule is CCCCCCCCCCCCCCCCCCCCCCC(=O)OC(CCCCCCCC)CCCCCCCC(=O)NCC(=O)O. The third-order valence-corrected chi connectivity index (χ3v) is 9.78. The molecule has 0 heterocycles. The summed E-state index contributed by atoms with van der Waals surface area (Å²) in [4.78, 5) is 34.8. The lowest BCUT2D eigenvalue weighted by Crippen LogP contribution is -2.28. The van der Waals surface area contributed by atoms with Gasteiger partial charge in [0.15, 0.2) is 0 Å². The standard InChI is InChI=1S/C42H81NO5/c1-3-5-7-9-11-12-13-14-15-16-17-18-19-20-21-22-23-24-29-33-37-42(47)48-39(34-30-26-10-8-6-4-2)35-31-27-25-28-32-36-40(44)43-38-41(45)46/h39H,3-38H2,1-2H3,(H,43,44)(H,45,46). The van der Waals surface area contributed by atoms with E-state index in [1.807, 2.05) is 0 Å². The molecule has 6 heteroatoms. The van der Waals surface area contributed by atoms with Gasteiger partial charge in [-0.25, -0.2) is 0 Å². The van der Waals surface area contributed by atoms with Crippen LogP contribution in [-0.4, -0.2) is 35.6 Å². The van der Waals surface area contributed by atoms with Crippen molar-refractivity contribution in [3.63, 3.8) is 0 Å². The molecule has 0 aliphatic rings. The van der Waals surface area contributed by atoms with E-state index in [-0.39, 0.29) is 24.5 Å². The van der Waals surface area contributed by atoms with E-state index >= 15 is 0 Å². The van der Waals surface area contributed by atoms with Gasteiger partial charge in [-0.3, -0.25) is 14.4 Å². The molecule has 48 heavy (non-hydrogen) atoms. The number of nitrogens with one attached hydrogen (secondary N) is 1. The molecule has 6 nitrogen and oxygen atoms in total. The monoisotopic (exact) mass is 680 g/mol. The molecule has 0 saturated heterocycles. The summed E-state index contributed by atoms with van der Waals surface area (Å²) in [6, 6.07) is 0. The Bertz CT molecular complexity index is 712. The Morgan fingerprint density at radius 3 is 1.12 bits per heavy atom. The second kappa shape index (κ2) is 38.2. The minimum absolute atomic E-state index is 0.0132. The normalized spacial score (nSPS) is 11.9. The van der Waals surface area contributed by atoms with Crippen molar-refractivity contribution in [3.05, 3.63) is 0 Å². The number of hydrogen-bond donors (Lipinski definition) is 2. The van der Waals surface area contributed by atoms with E-state index in [0.29, 0.717) is 12.8 Å². The Balaban J connectivity index is 3.84. The number of carbonyl (C=O) groups is 3. The first-order valence-electron chi connectivity index (χ1n) is 21.2. The van der Waals surface area contributed by atoms with Crippen LogP contribution in [0.2, 0.25) is 0 Å². The maximum atomic E-state index is 12.7. The Hall–Kier alpha value is -1.59. The number of ether oxygens (including phenoxy) is 1. The number of carboxylic acids is 1. The Labute approximate surface area is 298 Å². The van der Waals surface area contributed by atoms with Gasteiger partial charge in [-0.05, 0) is 38.5 Å². The van der Waals surface area contributed by atoms with Crippen molar-refractivity contribution in [2.24, 2.45) is 0 Å². The van der Waals surface area contributed by atoms with Crippen LogP contribution in [0, 0.1) is 0 Å². The highest BCUT2D eigenvalue weighted by molar-refractivity contribution is 5.80. The number of amides is 1. The van der Waals surface area contributed by atoms with Crippen LogP contribution < -0.4 is 5.32 Å². The maximum Gasteiger partial charge on any atom is 0.322 e. The fourth-order valence-corrected chi connectivity index (χ4v) is 6.63. The van der Waals surface area contributed by atoms with Gasteiger partial charge in [-0.2, -0.15) is 0 Å². The van der Waals surface area contributed by atoms with E-state index in [2.05, 4.69) is 19.2 Å². The summed E-state index contributed by atoms with van der Waals surface area (Å²) in [6.45, 7) is 4.22. The molecule has 0 aliphatic heterocycles. The molecule has 0 aromatic heterocycles. The van der Waals surface area contributed by atoms with Crippen molar-refractivity contribution in [1.82, 2.24) is 5.32 Å². The Kier molecular flexibility index (Phi) is 36.9. The number of rotatable bonds is 39. The quantitative estimate of drug-likeness (QED) is 0.0498. The average molecular weight is 680 g/mol. The molecule has 0 aromatic carbocycles. The van der Waals surface area contributed by atoms with Crippen LogP contribution in [0.25, 0.3) is 0 Å². The summed E-state index contributed by atoms with van der Waals surface area (Å²) in [5.74, 6) is -1.22. The molecule has 0 aromatic rings. The molecule has 2 N–H and O–H groups in total. The van der Waals surface area contributed by atoms with Crippen molar-refractivity contribution < 1.29 is 24.2 Å². The topological polar surface area (TPSA) is 92.7 Å². The van der Waals surface area contributed by atoms with Crippen LogP contribution in [0.3, 0.4) is 0 Å². The summed E-state index contributed by atoms with van der Waals surface area (Å²) in [6.07, 6.45) is 42.5. The van der Waals surface area contributed by atoms with E-state index in [1.165, 1.54) is 148 Å². The first-order chi connectivity index (χ1) is 23.5. The predicted molar refractivity (Wildman–Crippen MR) is 203 cm³/mol. The summed E-state index contributed by atoms with van der Waals surface area (Å²) >= 11 is 0. The molecule has 0 radical (unpaired) electrons. The molecule has 0 fully saturated rings. The lowest BCUT2D eigenvalue weighted by Gasteiger charge is -2.18. The largest absolute Gasteiger partial charge is 0.480 e. The van der Waals surface area contributed by atoms with E-state index in [9.17, 15) is 14.4 Å². The number of carboxylic acid groups (broad SMARTS) is 1. The molecule has 0 saturated carbocycles. The minimum Gasteiger partial charge on any atom is -0.480 e. The Morgan fingerprint density at radius 1 is 0.458 bits per heavy atom. The minimum atomic E-state index is -1.01. The fraction of sp³-hybridized carbons (Fsp3) is 0.929. The van der Waals surface area contributed by atoms with Gasteiger partial charge in [0.2, 0.25) is 5.91 Å². The van der Waals surface area contributed by atoms with E-state index in [0.717, 1.165) is 64.2 Å². The van der Waals surface area contributed by atoms with Crippen molar-refractivity contribution in [2.75, 3.05) is 6.54 Å². The van der Waals surface area contributed by atoms with Gasteiger partial charge in [0.25, 0.3) is 0 Å². The molecular weight excluding hydrogens is 598 g/mol. The lowest BCUT2D eigenvalue weighted by molar-refractivity contribution is -0.150. The number of aliphatic carboxylic acids is 1. The molecule has 0 aliphatic carbocycles. The van der Waals surface area contributed by atoms with Gasteiger partial charge < -0.3 is 15.2 Å². The van der Waals surface area contributed by atoms with Crippen LogP contribution >= 0.6 is 0 Å². The highest BCUT2D eigenvalue weighted by Gasteiger charge is 2.14. The fourth-order valence-electron chi connectivity index (χ4n) is 6.63. The summed E-state index contributed by atoms with van der Waals surface area (Å²) in [7, 11) is 0. The van der Waals surface area contributed by atoms with E-state index < -0.39 is 5.97 Å². The van der Waals surface area contributed by atoms with Crippen LogP contribution in [0.4, 0.5) is 0 Å². The lowest BCUT2D eigenvalue weighted by atomic mass is 10.0. The molecule has 1 amide bonds. The molecule has 0 spiro atoms. The van der Waals surface area contributed by atoms with Crippen LogP contribution in [0.1, 0.15) is 239 Å². The summed E-state index contributed by atoms with van der Waals surface area (Å²) in [5, 5.41) is 11.1. The highest BCUT2D eigenvalue weighted by atomic mass is 16.5. The number of esters is 1. The van der Waals surface area contributed by atoms with Crippen molar-refractivity contribution in [1.29, 1.82) is 0 Å². The molecule has 284 valence electrons. The van der Waals surface area contributed by atoms with Crippen LogP contribution in [0.15, 0.2) is 0 Å². The zero-order chi connectivity index (χ0) is 35.2. The van der Waals surface area contributed by atoms with Gasteiger partial charge in [0.05, 0.1) is 0 Å². The molecule has 0 rings (SSSR count). The smallest absolute Gasteiger partial charge is 0.322 e. The van der Waals surface area contributed by atoms with Gasteiger partial charge in [0, 0.05) is 12.8 Å². The van der Waals surface area contributed by atoms with Gasteiger partial charge in [-0.15, -0.1) is 0 Å². The summed E-state index contributed by atoms with van der Waals surface area (Å²) < 4.78 is 5.98. The maximum absolute atomic E-state index is 12.7. The zero-order valence-electron chi connectivity index (χ0n) is 32.1. The van der Waals surface area contributed by atoms with Crippen molar-refractivity contribution >= 4 is 17.8 Å². The third-order valence-electron chi connectivity index (χ3n) is 9.78. The van der Waals surface area contributed by atoms with Crippen LogP contribution in [-0.2, 0) is 19.1 Å². The number of carbonyl (C=O) groups excluding carboxylic acids is 2. The van der Waals surface area contributed by atoms with Gasteiger partial charge in [0.1, 0.15) is 12.6 Å². The van der Waals surface area contributed by atoms with Crippen molar-refractivity contribution in [2.45, 2.75) is 245 Å². The van der Waals surface area contributed by atoms with E-state index in [4.69, 9.17) is 9.84 Å². The first-order valence-corrected chi connectivity index (χ1v) is 21.2. The second-order valence-corrected chi connectivity index (χ2v) is 14.6. The molecule has 1 atom stereocenters. The zero-order valence-corrected chi connectivity index (χ0v) is 32.1. The van der Waals surface area contributed by atoms with E-state index in [1.54, 1.807) is 0 Å². The molecule has 1 unspecified atom stereocenters. The molecular formula is C42H81NO5. The van der Waals surface area contributed by atoms with Crippen molar-refractivity contribution in [3.8, 4) is 0 Å². The summed E-state index contributed by atoms with van der Waals surface area (Å²) in [5.41, 5.74) is 0. The second-order valence-electron chi connectivity index (χ2n) is 14.6. The van der Waals surface area contributed by atoms with Crippen LogP contribution in [0.5, 0.6) is 0 Å². The molecule has 0 bridgehead atoms. The first kappa shape index (κ1) is 46.4. The Morgan fingerprint density at radius 2 is 0.771 bits per heavy atom.